The summed E-state index contributed by atoms with van der Waals surface area (Å²) in [4.78, 5) is 1.05. The van der Waals surface area contributed by atoms with E-state index in [0.717, 1.165) is 4.90 Å². The Morgan fingerprint density at radius 3 is 2.35 bits per heavy atom. The van der Waals surface area contributed by atoms with Gasteiger partial charge in [0.1, 0.15) is 6.54 Å². The Hall–Kier alpha value is -1.31. The van der Waals surface area contributed by atoms with Crippen LogP contribution in [-0.4, -0.2) is 35.0 Å². The van der Waals surface area contributed by atoms with Crippen LogP contribution in [0.5, 0.6) is 0 Å². The summed E-state index contributed by atoms with van der Waals surface area (Å²) in [7, 11) is 0. The van der Waals surface area contributed by atoms with Crippen molar-refractivity contribution >= 4 is 6.01 Å². The summed E-state index contributed by atoms with van der Waals surface area (Å²) in [6.45, 7) is 7.15. The van der Waals surface area contributed by atoms with Gasteiger partial charge in [-0.25, -0.2) is 0 Å². The molecular formula is C12H21F3N4O. The molecule has 0 amide bonds. The van der Waals surface area contributed by atoms with Crippen LogP contribution in [-0.2, 0) is 6.54 Å². The molecule has 1 rings (SSSR count). The predicted molar refractivity (Wildman–Crippen MR) is 69.4 cm³/mol. The van der Waals surface area contributed by atoms with E-state index in [2.05, 4.69) is 15.5 Å². The van der Waals surface area contributed by atoms with Crippen molar-refractivity contribution in [3.8, 4) is 0 Å². The van der Waals surface area contributed by atoms with Crippen molar-refractivity contribution in [2.75, 3.05) is 18.0 Å². The van der Waals surface area contributed by atoms with Crippen LogP contribution in [0.3, 0.4) is 0 Å². The van der Waals surface area contributed by atoms with E-state index in [1.165, 1.54) is 0 Å². The van der Waals surface area contributed by atoms with E-state index in [9.17, 15) is 13.2 Å². The van der Waals surface area contributed by atoms with Gasteiger partial charge in [-0.05, 0) is 27.2 Å². The smallest absolute Gasteiger partial charge is 0.406 e. The fourth-order valence-corrected chi connectivity index (χ4v) is 1.51. The fraction of sp³-hybridized carbons (Fsp3) is 0.833. The average Bonchev–Trinajstić information content (AvgIpc) is 2.71. The van der Waals surface area contributed by atoms with Gasteiger partial charge in [0.15, 0.2) is 0 Å². The van der Waals surface area contributed by atoms with E-state index in [-0.39, 0.29) is 24.0 Å². The van der Waals surface area contributed by atoms with Gasteiger partial charge in [-0.3, -0.25) is 0 Å². The number of hydrogen-bond acceptors (Lipinski definition) is 5. The molecule has 0 spiro atoms. The monoisotopic (exact) mass is 294 g/mol. The zero-order valence-electron chi connectivity index (χ0n) is 12.2. The Labute approximate surface area is 116 Å². The van der Waals surface area contributed by atoms with E-state index in [0.29, 0.717) is 13.0 Å². The van der Waals surface area contributed by atoms with Gasteiger partial charge < -0.3 is 14.6 Å². The Morgan fingerprint density at radius 1 is 1.20 bits per heavy atom. The molecule has 0 aliphatic heterocycles. The van der Waals surface area contributed by atoms with Crippen LogP contribution >= 0.6 is 0 Å². The third kappa shape index (κ3) is 6.23. The highest BCUT2D eigenvalue weighted by molar-refractivity contribution is 5.24. The molecule has 5 nitrogen and oxygen atoms in total. The van der Waals surface area contributed by atoms with E-state index in [1.807, 2.05) is 20.8 Å². The maximum Gasteiger partial charge on any atom is 0.406 e. The fourth-order valence-electron chi connectivity index (χ4n) is 1.51. The van der Waals surface area contributed by atoms with Crippen molar-refractivity contribution in [2.45, 2.75) is 52.4 Å². The maximum absolute atomic E-state index is 12.5. The van der Waals surface area contributed by atoms with Crippen LogP contribution in [0.2, 0.25) is 0 Å². The van der Waals surface area contributed by atoms with Crippen molar-refractivity contribution < 1.29 is 17.6 Å². The van der Waals surface area contributed by atoms with Gasteiger partial charge in [0.05, 0.1) is 6.54 Å². The van der Waals surface area contributed by atoms with Crippen molar-refractivity contribution in [3.63, 3.8) is 0 Å². The number of halogens is 3. The highest BCUT2D eigenvalue weighted by Crippen LogP contribution is 2.21. The van der Waals surface area contributed by atoms with Crippen LogP contribution in [0.1, 0.15) is 40.0 Å². The first kappa shape index (κ1) is 16.7. The molecule has 0 atom stereocenters. The second-order valence-corrected chi connectivity index (χ2v) is 5.62. The molecule has 1 aromatic rings. The predicted octanol–water partition coefficient (Wildman–Crippen LogP) is 2.74. The minimum Gasteiger partial charge on any atom is -0.407 e. The summed E-state index contributed by atoms with van der Waals surface area (Å²) in [6.07, 6.45) is -3.73. The SMILES string of the molecule is CCCN(CC(F)(F)F)c1nnc(CNC(C)(C)C)o1. The highest BCUT2D eigenvalue weighted by Gasteiger charge is 2.32. The summed E-state index contributed by atoms with van der Waals surface area (Å²) in [5.41, 5.74) is -0.135. The summed E-state index contributed by atoms with van der Waals surface area (Å²) >= 11 is 0. The molecule has 1 N–H and O–H groups in total. The number of alkyl halides is 3. The van der Waals surface area contributed by atoms with Crippen LogP contribution in [0.4, 0.5) is 19.2 Å². The van der Waals surface area contributed by atoms with Crippen LogP contribution in [0, 0.1) is 0 Å². The third-order valence-electron chi connectivity index (χ3n) is 2.36. The van der Waals surface area contributed by atoms with Crippen molar-refractivity contribution in [3.05, 3.63) is 5.89 Å². The second-order valence-electron chi connectivity index (χ2n) is 5.62. The second kappa shape index (κ2) is 6.43. The molecule has 0 bridgehead atoms. The lowest BCUT2D eigenvalue weighted by molar-refractivity contribution is -0.120. The van der Waals surface area contributed by atoms with E-state index in [1.54, 1.807) is 6.92 Å². The molecule has 0 radical (unpaired) electrons. The summed E-state index contributed by atoms with van der Waals surface area (Å²) in [6, 6.07) is -0.0881. The normalized spacial score (nSPS) is 12.8. The summed E-state index contributed by atoms with van der Waals surface area (Å²) in [5.74, 6) is 0.276. The number of rotatable bonds is 6. The summed E-state index contributed by atoms with van der Waals surface area (Å²) in [5, 5.41) is 10.6. The zero-order valence-corrected chi connectivity index (χ0v) is 12.2. The van der Waals surface area contributed by atoms with E-state index < -0.39 is 12.7 Å². The topological polar surface area (TPSA) is 54.2 Å². The van der Waals surface area contributed by atoms with Gasteiger partial charge >= 0.3 is 12.2 Å². The van der Waals surface area contributed by atoms with E-state index in [4.69, 9.17) is 4.42 Å². The maximum atomic E-state index is 12.5. The molecule has 0 saturated carbocycles. The average molecular weight is 294 g/mol. The lowest BCUT2D eigenvalue weighted by Crippen LogP contribution is -2.35. The Morgan fingerprint density at radius 2 is 1.85 bits per heavy atom. The Bertz CT molecular complexity index is 412. The van der Waals surface area contributed by atoms with Gasteiger partial charge in [0.2, 0.25) is 5.89 Å². The van der Waals surface area contributed by atoms with Crippen LogP contribution in [0.25, 0.3) is 0 Å². The van der Waals surface area contributed by atoms with Gasteiger partial charge in [0, 0.05) is 12.1 Å². The van der Waals surface area contributed by atoms with Crippen LogP contribution < -0.4 is 10.2 Å². The van der Waals surface area contributed by atoms with Gasteiger partial charge in [-0.15, -0.1) is 5.10 Å². The first-order chi connectivity index (χ1) is 9.11. The molecule has 0 fully saturated rings. The molecular weight excluding hydrogens is 273 g/mol. The van der Waals surface area contributed by atoms with Crippen LogP contribution in [0.15, 0.2) is 4.42 Å². The molecule has 116 valence electrons. The minimum atomic E-state index is -4.30. The van der Waals surface area contributed by atoms with Crippen molar-refractivity contribution in [1.29, 1.82) is 0 Å². The number of nitrogens with one attached hydrogen (secondary N) is 1. The van der Waals surface area contributed by atoms with Gasteiger partial charge in [-0.1, -0.05) is 12.0 Å². The third-order valence-corrected chi connectivity index (χ3v) is 2.36. The van der Waals surface area contributed by atoms with Crippen molar-refractivity contribution in [2.24, 2.45) is 0 Å². The molecule has 0 saturated heterocycles. The standard InChI is InChI=1S/C12H21F3N4O/c1-5-6-19(8-12(13,14)15)10-18-17-9(20-10)7-16-11(2,3)4/h16H,5-8H2,1-4H3. The van der Waals surface area contributed by atoms with Gasteiger partial charge in [0.25, 0.3) is 0 Å². The number of anilines is 1. The van der Waals surface area contributed by atoms with Gasteiger partial charge in [-0.2, -0.15) is 13.2 Å². The number of nitrogens with zero attached hydrogens (tertiary/aromatic N) is 3. The number of aromatic nitrogens is 2. The molecule has 0 unspecified atom stereocenters. The minimum absolute atomic E-state index is 0.0881. The lowest BCUT2D eigenvalue weighted by atomic mass is 10.1. The molecule has 0 aliphatic rings. The first-order valence-corrected chi connectivity index (χ1v) is 6.50. The Balaban J connectivity index is 2.71. The molecule has 0 aliphatic carbocycles. The lowest BCUT2D eigenvalue weighted by Gasteiger charge is -2.21. The quantitative estimate of drug-likeness (QED) is 0.874. The zero-order chi connectivity index (χ0) is 15.4. The molecule has 0 aromatic carbocycles. The molecule has 1 heterocycles. The number of hydrogen-bond donors (Lipinski definition) is 1. The highest BCUT2D eigenvalue weighted by atomic mass is 19.4. The van der Waals surface area contributed by atoms with Crippen molar-refractivity contribution in [1.82, 2.24) is 15.5 Å². The molecule has 20 heavy (non-hydrogen) atoms. The van der Waals surface area contributed by atoms with E-state index >= 15 is 0 Å². The molecule has 1 aromatic heterocycles. The largest absolute Gasteiger partial charge is 0.407 e. The Kier molecular flexibility index (Phi) is 5.38. The first-order valence-electron chi connectivity index (χ1n) is 6.50. The molecule has 8 heteroatoms. The summed E-state index contributed by atoms with van der Waals surface area (Å²) < 4.78 is 42.7.